The van der Waals surface area contributed by atoms with Crippen LogP contribution in [-0.2, 0) is 13.0 Å². The Kier molecular flexibility index (Phi) is 8.21. The third-order valence-corrected chi connectivity index (χ3v) is 11.4. The normalized spacial score (nSPS) is 21.8. The highest BCUT2D eigenvalue weighted by Crippen LogP contribution is 2.43. The third kappa shape index (κ3) is 5.67. The fourth-order valence-corrected chi connectivity index (χ4v) is 9.01. The second-order valence-corrected chi connectivity index (χ2v) is 14.1. The molecule has 38 heavy (non-hydrogen) atoms. The van der Waals surface area contributed by atoms with Gasteiger partial charge in [-0.3, -0.25) is 9.59 Å². The summed E-state index contributed by atoms with van der Waals surface area (Å²) in [6.07, 6.45) is 11.4. The van der Waals surface area contributed by atoms with Gasteiger partial charge in [-0.05, 0) is 107 Å². The minimum absolute atomic E-state index is 0.0695. The maximum Gasteiger partial charge on any atom is 0.255 e. The van der Waals surface area contributed by atoms with Gasteiger partial charge in [-0.2, -0.15) is 0 Å². The Bertz CT molecular complexity index is 1210. The van der Waals surface area contributed by atoms with Crippen molar-refractivity contribution in [3.8, 4) is 0 Å². The van der Waals surface area contributed by atoms with E-state index in [9.17, 15) is 9.59 Å². The highest BCUT2D eigenvalue weighted by Gasteiger charge is 2.35. The molecule has 2 aromatic rings. The molecule has 5 nitrogen and oxygen atoms in total. The van der Waals surface area contributed by atoms with Gasteiger partial charge in [0.15, 0.2) is 0 Å². The molecule has 0 radical (unpaired) electrons. The number of rotatable bonds is 6. The predicted octanol–water partition coefficient (Wildman–Crippen LogP) is 6.74. The Labute approximate surface area is 233 Å². The Hall–Kier alpha value is -1.92. The molecule has 2 aromatic heterocycles. The summed E-state index contributed by atoms with van der Waals surface area (Å²) in [6, 6.07) is 2.00. The number of fused-ring (bicyclic) bond motifs is 1. The van der Waals surface area contributed by atoms with Gasteiger partial charge < -0.3 is 14.8 Å². The van der Waals surface area contributed by atoms with Crippen molar-refractivity contribution in [2.24, 2.45) is 11.3 Å². The molecule has 0 bridgehead atoms. The van der Waals surface area contributed by atoms with Crippen molar-refractivity contribution < 1.29 is 4.79 Å². The zero-order valence-electron chi connectivity index (χ0n) is 24.3. The summed E-state index contributed by atoms with van der Waals surface area (Å²) in [5.41, 5.74) is 5.11. The lowest BCUT2D eigenvalue weighted by Crippen LogP contribution is -2.42. The van der Waals surface area contributed by atoms with Crippen molar-refractivity contribution in [3.05, 3.63) is 54.1 Å². The molecule has 3 aliphatic rings. The molecule has 1 saturated heterocycles. The van der Waals surface area contributed by atoms with Crippen molar-refractivity contribution in [2.45, 2.75) is 105 Å². The first-order valence-corrected chi connectivity index (χ1v) is 15.8. The summed E-state index contributed by atoms with van der Waals surface area (Å²) in [5.74, 6) is 1.29. The van der Waals surface area contributed by atoms with Gasteiger partial charge in [0, 0.05) is 34.1 Å². The molecule has 208 valence electrons. The fourth-order valence-electron chi connectivity index (χ4n) is 7.52. The Balaban J connectivity index is 1.27. The van der Waals surface area contributed by atoms with E-state index in [1.165, 1.54) is 79.9 Å². The second kappa shape index (κ2) is 11.3. The molecule has 1 N–H and O–H groups in total. The molecule has 1 amide bonds. The Morgan fingerprint density at radius 2 is 1.76 bits per heavy atom. The van der Waals surface area contributed by atoms with Crippen LogP contribution in [0.5, 0.6) is 0 Å². The number of aromatic amines is 1. The van der Waals surface area contributed by atoms with Crippen LogP contribution in [0.15, 0.2) is 10.9 Å². The van der Waals surface area contributed by atoms with Gasteiger partial charge in [-0.1, -0.05) is 33.1 Å². The Morgan fingerprint density at radius 3 is 2.45 bits per heavy atom. The first kappa shape index (κ1) is 27.6. The molecule has 2 fully saturated rings. The fraction of sp³-hybridized carbons (Fsp3) is 0.688. The number of carbonyl (C=O) groups is 1. The number of thiophene rings is 1. The quantitative estimate of drug-likeness (QED) is 0.444. The van der Waals surface area contributed by atoms with E-state index in [0.717, 1.165) is 29.7 Å². The van der Waals surface area contributed by atoms with Crippen LogP contribution < -0.4 is 5.56 Å². The molecule has 5 rings (SSSR count). The molecule has 0 aromatic carbocycles. The van der Waals surface area contributed by atoms with Crippen molar-refractivity contribution in [3.63, 3.8) is 0 Å². The molecule has 1 saturated carbocycles. The SMILES string of the molecule is Cc1cc(C)c(CN2CCCc3sc(C(C)C4CCN(CC5(C)CCCCC5)CC4)c(C)c3C2=O)c(=O)[nH]1. The maximum atomic E-state index is 13.8. The van der Waals surface area contributed by atoms with Crippen molar-refractivity contribution >= 4 is 17.2 Å². The number of amides is 1. The van der Waals surface area contributed by atoms with E-state index in [1.807, 2.05) is 36.2 Å². The van der Waals surface area contributed by atoms with Crippen LogP contribution >= 0.6 is 11.3 Å². The van der Waals surface area contributed by atoms with Crippen LogP contribution in [-0.4, -0.2) is 46.9 Å². The summed E-state index contributed by atoms with van der Waals surface area (Å²) in [6.45, 7) is 15.8. The summed E-state index contributed by atoms with van der Waals surface area (Å²) in [7, 11) is 0. The van der Waals surface area contributed by atoms with Gasteiger partial charge in [-0.25, -0.2) is 0 Å². The van der Waals surface area contributed by atoms with Gasteiger partial charge in [0.25, 0.3) is 11.5 Å². The minimum Gasteiger partial charge on any atom is -0.334 e. The summed E-state index contributed by atoms with van der Waals surface area (Å²) in [4.78, 5) is 36.8. The van der Waals surface area contributed by atoms with Crippen molar-refractivity contribution in [1.29, 1.82) is 0 Å². The van der Waals surface area contributed by atoms with E-state index in [-0.39, 0.29) is 11.5 Å². The molecule has 2 aliphatic heterocycles. The van der Waals surface area contributed by atoms with E-state index in [1.54, 1.807) is 0 Å². The predicted molar refractivity (Wildman–Crippen MR) is 157 cm³/mol. The van der Waals surface area contributed by atoms with Gasteiger partial charge in [0.05, 0.1) is 12.1 Å². The largest absolute Gasteiger partial charge is 0.334 e. The lowest BCUT2D eigenvalue weighted by Gasteiger charge is -2.42. The monoisotopic (exact) mass is 537 g/mol. The number of hydrogen-bond acceptors (Lipinski definition) is 4. The van der Waals surface area contributed by atoms with Gasteiger partial charge >= 0.3 is 0 Å². The van der Waals surface area contributed by atoms with Crippen LogP contribution in [0.25, 0.3) is 0 Å². The van der Waals surface area contributed by atoms with E-state index in [0.29, 0.717) is 35.9 Å². The molecule has 4 heterocycles. The van der Waals surface area contributed by atoms with Crippen LogP contribution in [0.4, 0.5) is 0 Å². The first-order valence-electron chi connectivity index (χ1n) is 15.0. The molecular weight excluding hydrogens is 490 g/mol. The standard InChI is InChI=1S/C32H47N3O2S/c1-21-18-22(2)33-30(36)26(21)19-35-15-9-10-27-28(31(35)37)24(4)29(38-27)23(3)25-11-16-34(17-12-25)20-32(5)13-7-6-8-14-32/h18,23,25H,6-17,19-20H2,1-5H3,(H,33,36). The highest BCUT2D eigenvalue weighted by molar-refractivity contribution is 7.12. The molecule has 0 spiro atoms. The smallest absolute Gasteiger partial charge is 0.255 e. The molecule has 1 aliphatic carbocycles. The number of pyridine rings is 1. The number of nitrogens with one attached hydrogen (secondary N) is 1. The highest BCUT2D eigenvalue weighted by atomic mass is 32.1. The van der Waals surface area contributed by atoms with Crippen LogP contribution in [0.3, 0.4) is 0 Å². The van der Waals surface area contributed by atoms with Crippen molar-refractivity contribution in [2.75, 3.05) is 26.2 Å². The molecule has 6 heteroatoms. The van der Waals surface area contributed by atoms with E-state index in [2.05, 4.69) is 30.7 Å². The zero-order valence-corrected chi connectivity index (χ0v) is 25.1. The number of aromatic nitrogens is 1. The average molecular weight is 538 g/mol. The lowest BCUT2D eigenvalue weighted by molar-refractivity contribution is 0.0747. The number of nitrogens with zero attached hydrogens (tertiary/aromatic N) is 2. The number of carbonyl (C=O) groups excluding carboxylic acids is 1. The average Bonchev–Trinajstić information content (AvgIpc) is 3.11. The number of likely N-dealkylation sites (tertiary alicyclic amines) is 1. The van der Waals surface area contributed by atoms with Gasteiger partial charge in [0.2, 0.25) is 0 Å². The Morgan fingerprint density at radius 1 is 1.05 bits per heavy atom. The minimum atomic E-state index is -0.0695. The van der Waals surface area contributed by atoms with E-state index in [4.69, 9.17) is 0 Å². The lowest BCUT2D eigenvalue weighted by atomic mass is 9.74. The number of H-pyrrole nitrogens is 1. The first-order chi connectivity index (χ1) is 18.1. The number of hydrogen-bond donors (Lipinski definition) is 1. The summed E-state index contributed by atoms with van der Waals surface area (Å²) in [5, 5.41) is 0. The summed E-state index contributed by atoms with van der Waals surface area (Å²) >= 11 is 1.90. The van der Waals surface area contributed by atoms with Crippen LogP contribution in [0.1, 0.15) is 114 Å². The number of aryl methyl sites for hydroxylation is 3. The van der Waals surface area contributed by atoms with Crippen LogP contribution in [0.2, 0.25) is 0 Å². The second-order valence-electron chi connectivity index (χ2n) is 12.9. The van der Waals surface area contributed by atoms with Crippen molar-refractivity contribution in [1.82, 2.24) is 14.8 Å². The molecule has 1 unspecified atom stereocenters. The molecular formula is C32H47N3O2S. The summed E-state index contributed by atoms with van der Waals surface area (Å²) < 4.78 is 0. The van der Waals surface area contributed by atoms with Gasteiger partial charge in [-0.15, -0.1) is 11.3 Å². The zero-order chi connectivity index (χ0) is 27.0. The van der Waals surface area contributed by atoms with Gasteiger partial charge in [0.1, 0.15) is 0 Å². The topological polar surface area (TPSA) is 56.4 Å². The van der Waals surface area contributed by atoms with E-state index >= 15 is 0 Å². The molecule has 1 atom stereocenters. The number of piperidine rings is 1. The maximum absolute atomic E-state index is 13.8. The third-order valence-electron chi connectivity index (χ3n) is 9.85. The van der Waals surface area contributed by atoms with E-state index < -0.39 is 0 Å². The van der Waals surface area contributed by atoms with Crippen LogP contribution in [0, 0.1) is 32.1 Å².